The van der Waals surface area contributed by atoms with E-state index in [1.54, 1.807) is 0 Å². The molecule has 0 aliphatic rings. The third kappa shape index (κ3) is 4.97. The van der Waals surface area contributed by atoms with Crippen molar-refractivity contribution in [1.29, 1.82) is 0 Å². The molecule has 0 aliphatic heterocycles. The molecule has 0 saturated carbocycles. The molecule has 0 spiro atoms. The molecule has 0 rings (SSSR count). The van der Waals surface area contributed by atoms with Gasteiger partial charge in [-0.1, -0.05) is 33.6 Å². The second-order valence-corrected chi connectivity index (χ2v) is 5.14. The lowest BCUT2D eigenvalue weighted by Gasteiger charge is -2.35. The number of hydrogen-bond donors (Lipinski definition) is 2. The zero-order valence-corrected chi connectivity index (χ0v) is 10.1. The summed E-state index contributed by atoms with van der Waals surface area (Å²) in [5.74, 6) is 0. The molecule has 2 nitrogen and oxygen atoms in total. The molecular formula is C12H26O2. The van der Waals surface area contributed by atoms with Gasteiger partial charge < -0.3 is 10.2 Å². The molecule has 0 aromatic heterocycles. The number of aliphatic hydroxyl groups is 2. The maximum atomic E-state index is 10.1. The summed E-state index contributed by atoms with van der Waals surface area (Å²) in [5.41, 5.74) is -0.741. The first kappa shape index (κ1) is 13.9. The highest BCUT2D eigenvalue weighted by Gasteiger charge is 2.32. The van der Waals surface area contributed by atoms with Crippen LogP contribution in [0.25, 0.3) is 0 Å². The zero-order valence-electron chi connectivity index (χ0n) is 10.1. The van der Waals surface area contributed by atoms with Gasteiger partial charge in [0.05, 0.1) is 5.60 Å². The maximum Gasteiger partial charge on any atom is 0.0625 e. The van der Waals surface area contributed by atoms with Gasteiger partial charge in [-0.3, -0.25) is 0 Å². The molecule has 0 amide bonds. The summed E-state index contributed by atoms with van der Waals surface area (Å²) in [4.78, 5) is 0. The van der Waals surface area contributed by atoms with Crippen LogP contribution in [0.1, 0.15) is 59.8 Å². The van der Waals surface area contributed by atoms with E-state index in [-0.39, 0.29) is 12.0 Å². The Kier molecular flexibility index (Phi) is 5.68. The van der Waals surface area contributed by atoms with Crippen LogP contribution < -0.4 is 0 Å². The molecule has 0 radical (unpaired) electrons. The largest absolute Gasteiger partial charge is 0.396 e. The molecule has 2 heteroatoms. The first-order valence-corrected chi connectivity index (χ1v) is 5.72. The molecule has 0 aromatic rings. The second kappa shape index (κ2) is 5.72. The van der Waals surface area contributed by atoms with Crippen LogP contribution in [0.4, 0.5) is 0 Å². The monoisotopic (exact) mass is 202 g/mol. The quantitative estimate of drug-likeness (QED) is 0.666. The normalized spacial score (nSPS) is 20.1. The summed E-state index contributed by atoms with van der Waals surface area (Å²) < 4.78 is 0. The van der Waals surface area contributed by atoms with Crippen LogP contribution in [0, 0.1) is 5.41 Å². The number of aliphatic hydroxyl groups excluding tert-OH is 1. The summed E-state index contributed by atoms with van der Waals surface area (Å²) >= 11 is 0. The molecule has 0 heterocycles. The Bertz CT molecular complexity index is 154. The van der Waals surface area contributed by atoms with Gasteiger partial charge in [0, 0.05) is 6.61 Å². The lowest BCUT2D eigenvalue weighted by molar-refractivity contribution is -0.0193. The van der Waals surface area contributed by atoms with Crippen LogP contribution in [0.2, 0.25) is 0 Å². The van der Waals surface area contributed by atoms with E-state index in [2.05, 4.69) is 20.8 Å². The van der Waals surface area contributed by atoms with E-state index in [0.717, 1.165) is 25.7 Å². The van der Waals surface area contributed by atoms with Gasteiger partial charge in [-0.25, -0.2) is 0 Å². The van der Waals surface area contributed by atoms with Crippen LogP contribution in [0.15, 0.2) is 0 Å². The molecule has 0 aliphatic carbocycles. The minimum atomic E-state index is -0.624. The Labute approximate surface area is 88.3 Å². The van der Waals surface area contributed by atoms with Crippen molar-refractivity contribution >= 4 is 0 Å². The van der Waals surface area contributed by atoms with Gasteiger partial charge in [-0.2, -0.15) is 0 Å². The van der Waals surface area contributed by atoms with Crippen LogP contribution in [-0.4, -0.2) is 22.4 Å². The highest BCUT2D eigenvalue weighted by Crippen LogP contribution is 2.34. The molecule has 86 valence electrons. The highest BCUT2D eigenvalue weighted by molar-refractivity contribution is 4.83. The van der Waals surface area contributed by atoms with E-state index in [4.69, 9.17) is 0 Å². The molecule has 0 saturated heterocycles. The van der Waals surface area contributed by atoms with Gasteiger partial charge in [0.1, 0.15) is 0 Å². The van der Waals surface area contributed by atoms with Gasteiger partial charge in [-0.05, 0) is 31.6 Å². The van der Waals surface area contributed by atoms with Gasteiger partial charge >= 0.3 is 0 Å². The van der Waals surface area contributed by atoms with Gasteiger partial charge in [0.25, 0.3) is 0 Å². The fourth-order valence-corrected chi connectivity index (χ4v) is 2.37. The smallest absolute Gasteiger partial charge is 0.0625 e. The van der Waals surface area contributed by atoms with Crippen molar-refractivity contribution in [2.24, 2.45) is 5.41 Å². The molecule has 0 fully saturated rings. The summed E-state index contributed by atoms with van der Waals surface area (Å²) in [7, 11) is 0. The fourth-order valence-electron chi connectivity index (χ4n) is 2.37. The molecule has 14 heavy (non-hydrogen) atoms. The Hall–Kier alpha value is -0.0800. The van der Waals surface area contributed by atoms with E-state index >= 15 is 0 Å². The van der Waals surface area contributed by atoms with Crippen molar-refractivity contribution in [1.82, 2.24) is 0 Å². The van der Waals surface area contributed by atoms with Crippen LogP contribution >= 0.6 is 0 Å². The minimum absolute atomic E-state index is 0.118. The Morgan fingerprint density at radius 1 is 1.00 bits per heavy atom. The average molecular weight is 202 g/mol. The first-order chi connectivity index (χ1) is 6.39. The van der Waals surface area contributed by atoms with E-state index in [0.29, 0.717) is 6.42 Å². The fraction of sp³-hybridized carbons (Fsp3) is 1.00. The third-order valence-corrected chi connectivity index (χ3v) is 2.83. The Morgan fingerprint density at radius 3 is 1.86 bits per heavy atom. The number of hydrogen-bond acceptors (Lipinski definition) is 2. The SMILES string of the molecule is CCCC(C)(O)CC(C)(CO)CCC. The number of rotatable bonds is 7. The predicted molar refractivity (Wildman–Crippen MR) is 60.2 cm³/mol. The van der Waals surface area contributed by atoms with E-state index < -0.39 is 5.60 Å². The molecular weight excluding hydrogens is 176 g/mol. The van der Waals surface area contributed by atoms with Crippen molar-refractivity contribution in [3.63, 3.8) is 0 Å². The van der Waals surface area contributed by atoms with E-state index in [9.17, 15) is 10.2 Å². The van der Waals surface area contributed by atoms with Crippen molar-refractivity contribution < 1.29 is 10.2 Å². The standard InChI is InChI=1S/C12H26O2/c1-5-7-11(3,10-13)9-12(4,14)8-6-2/h13-14H,5-10H2,1-4H3. The molecule has 2 unspecified atom stereocenters. The minimum Gasteiger partial charge on any atom is -0.396 e. The lowest BCUT2D eigenvalue weighted by atomic mass is 9.75. The predicted octanol–water partition coefficient (Wildman–Crippen LogP) is 2.73. The van der Waals surface area contributed by atoms with E-state index in [1.165, 1.54) is 0 Å². The molecule has 0 aromatic carbocycles. The Balaban J connectivity index is 4.28. The van der Waals surface area contributed by atoms with Gasteiger partial charge in [0.15, 0.2) is 0 Å². The summed E-state index contributed by atoms with van der Waals surface area (Å²) in [6.45, 7) is 8.29. The third-order valence-electron chi connectivity index (χ3n) is 2.83. The van der Waals surface area contributed by atoms with Crippen LogP contribution in [0.5, 0.6) is 0 Å². The van der Waals surface area contributed by atoms with Crippen molar-refractivity contribution in [2.45, 2.75) is 65.4 Å². The molecule has 2 N–H and O–H groups in total. The Morgan fingerprint density at radius 2 is 1.50 bits per heavy atom. The van der Waals surface area contributed by atoms with Crippen LogP contribution in [-0.2, 0) is 0 Å². The average Bonchev–Trinajstić information content (AvgIpc) is 2.03. The van der Waals surface area contributed by atoms with Crippen molar-refractivity contribution in [2.75, 3.05) is 6.61 Å². The van der Waals surface area contributed by atoms with Gasteiger partial charge in [0.2, 0.25) is 0 Å². The van der Waals surface area contributed by atoms with Crippen molar-refractivity contribution in [3.05, 3.63) is 0 Å². The molecule has 2 atom stereocenters. The van der Waals surface area contributed by atoms with Crippen molar-refractivity contribution in [3.8, 4) is 0 Å². The summed E-state index contributed by atoms with van der Waals surface area (Å²) in [5, 5.41) is 19.4. The molecule has 0 bridgehead atoms. The van der Waals surface area contributed by atoms with Gasteiger partial charge in [-0.15, -0.1) is 0 Å². The zero-order chi connectivity index (χ0) is 11.2. The maximum absolute atomic E-state index is 10.1. The van der Waals surface area contributed by atoms with E-state index in [1.807, 2.05) is 6.92 Å². The summed E-state index contributed by atoms with van der Waals surface area (Å²) in [6.07, 6.45) is 4.52. The topological polar surface area (TPSA) is 40.5 Å². The first-order valence-electron chi connectivity index (χ1n) is 5.72. The lowest BCUT2D eigenvalue weighted by Crippen LogP contribution is -2.35. The second-order valence-electron chi connectivity index (χ2n) is 5.14. The highest BCUT2D eigenvalue weighted by atomic mass is 16.3. The van der Waals surface area contributed by atoms with Crippen LogP contribution in [0.3, 0.4) is 0 Å². The summed E-state index contributed by atoms with van der Waals surface area (Å²) in [6, 6.07) is 0.